The van der Waals surface area contributed by atoms with Gasteiger partial charge in [0.2, 0.25) is 5.91 Å². The van der Waals surface area contributed by atoms with Crippen molar-refractivity contribution >= 4 is 17.7 Å². The molecule has 0 saturated carbocycles. The summed E-state index contributed by atoms with van der Waals surface area (Å²) in [5, 5.41) is 3.00. The van der Waals surface area contributed by atoms with E-state index in [0.717, 1.165) is 30.1 Å². The number of aryl methyl sites for hydroxylation is 1. The van der Waals surface area contributed by atoms with E-state index in [0.29, 0.717) is 12.3 Å². The monoisotopic (exact) mass is 357 g/mol. The first-order chi connectivity index (χ1) is 12.1. The molecule has 0 bridgehead atoms. The summed E-state index contributed by atoms with van der Waals surface area (Å²) < 4.78 is 0. The molecule has 134 valence electrons. The Balaban J connectivity index is 1.74. The fourth-order valence-corrected chi connectivity index (χ4v) is 3.33. The van der Waals surface area contributed by atoms with Crippen LogP contribution >= 0.6 is 11.8 Å². The third-order valence-electron chi connectivity index (χ3n) is 4.36. The van der Waals surface area contributed by atoms with Crippen molar-refractivity contribution < 1.29 is 9.69 Å². The zero-order chi connectivity index (χ0) is 18.1. The molecule has 0 radical (unpaired) electrons. The van der Waals surface area contributed by atoms with E-state index in [2.05, 4.69) is 74.6 Å². The fraction of sp³-hybridized carbons (Fsp3) is 0.381. The Kier molecular flexibility index (Phi) is 8.02. The van der Waals surface area contributed by atoms with Crippen molar-refractivity contribution in [3.8, 4) is 0 Å². The molecule has 2 aromatic rings. The topological polar surface area (TPSA) is 33.5 Å². The van der Waals surface area contributed by atoms with Gasteiger partial charge < -0.3 is 10.2 Å². The Bertz CT molecular complexity index is 649. The molecule has 0 unspecified atom stereocenters. The van der Waals surface area contributed by atoms with Crippen LogP contribution in [0.4, 0.5) is 0 Å². The van der Waals surface area contributed by atoms with E-state index in [1.165, 1.54) is 11.1 Å². The summed E-state index contributed by atoms with van der Waals surface area (Å²) in [6.07, 6.45) is 0. The minimum absolute atomic E-state index is 0.0715. The van der Waals surface area contributed by atoms with Crippen molar-refractivity contribution in [2.75, 3.05) is 18.8 Å². The highest BCUT2D eigenvalue weighted by molar-refractivity contribution is 8.00. The molecule has 1 amide bonds. The Hall–Kier alpha value is -1.78. The second kappa shape index (κ2) is 10.3. The lowest BCUT2D eigenvalue weighted by molar-refractivity contribution is -0.910. The molecular formula is C21H29N2OS+. The van der Waals surface area contributed by atoms with Crippen LogP contribution in [0.3, 0.4) is 0 Å². The summed E-state index contributed by atoms with van der Waals surface area (Å²) in [6.45, 7) is 10.4. The Morgan fingerprint density at radius 1 is 0.960 bits per heavy atom. The van der Waals surface area contributed by atoms with Crippen molar-refractivity contribution in [2.24, 2.45) is 0 Å². The van der Waals surface area contributed by atoms with Gasteiger partial charge in [-0.25, -0.2) is 0 Å². The Morgan fingerprint density at radius 2 is 1.56 bits per heavy atom. The molecule has 0 aliphatic carbocycles. The van der Waals surface area contributed by atoms with Gasteiger partial charge in [-0.05, 0) is 38.5 Å². The van der Waals surface area contributed by atoms with E-state index in [1.54, 1.807) is 16.7 Å². The van der Waals surface area contributed by atoms with E-state index in [-0.39, 0.29) is 5.91 Å². The van der Waals surface area contributed by atoms with Crippen LogP contribution in [-0.2, 0) is 17.9 Å². The number of nitrogens with one attached hydrogen (secondary N) is 2. The first-order valence-electron chi connectivity index (χ1n) is 8.98. The fourth-order valence-electron chi connectivity index (χ4n) is 2.60. The van der Waals surface area contributed by atoms with E-state index in [9.17, 15) is 4.79 Å². The van der Waals surface area contributed by atoms with Crippen LogP contribution in [0.2, 0.25) is 0 Å². The molecule has 25 heavy (non-hydrogen) atoms. The number of carbonyl (C=O) groups excluding carboxylic acids is 1. The van der Waals surface area contributed by atoms with Crippen molar-refractivity contribution in [3.05, 3.63) is 65.2 Å². The zero-order valence-corrected chi connectivity index (χ0v) is 16.3. The molecule has 4 heteroatoms. The molecule has 0 heterocycles. The van der Waals surface area contributed by atoms with Gasteiger partial charge >= 0.3 is 0 Å². The van der Waals surface area contributed by atoms with Gasteiger partial charge in [0.05, 0.1) is 18.8 Å². The molecule has 2 aromatic carbocycles. The highest BCUT2D eigenvalue weighted by Crippen LogP contribution is 2.17. The molecule has 2 rings (SSSR count). The van der Waals surface area contributed by atoms with Crippen LogP contribution in [0.25, 0.3) is 0 Å². The third kappa shape index (κ3) is 6.92. The number of carbonyl (C=O) groups is 1. The van der Waals surface area contributed by atoms with Crippen LogP contribution in [0, 0.1) is 6.92 Å². The number of thioether (sulfide) groups is 1. The average Bonchev–Trinajstić information content (AvgIpc) is 2.65. The number of hydrogen-bond acceptors (Lipinski definition) is 2. The minimum Gasteiger partial charge on any atom is -0.351 e. The molecule has 0 aliphatic rings. The van der Waals surface area contributed by atoms with Gasteiger partial charge in [-0.15, -0.1) is 11.8 Å². The summed E-state index contributed by atoms with van der Waals surface area (Å²) in [5.41, 5.74) is 3.73. The molecule has 0 fully saturated rings. The quantitative estimate of drug-likeness (QED) is 0.677. The molecule has 0 saturated heterocycles. The number of rotatable bonds is 9. The highest BCUT2D eigenvalue weighted by atomic mass is 32.2. The first-order valence-corrected chi connectivity index (χ1v) is 9.96. The van der Waals surface area contributed by atoms with Crippen molar-refractivity contribution in [3.63, 3.8) is 0 Å². The van der Waals surface area contributed by atoms with Crippen molar-refractivity contribution in [1.29, 1.82) is 0 Å². The van der Waals surface area contributed by atoms with Gasteiger partial charge in [0, 0.05) is 17.0 Å². The lowest BCUT2D eigenvalue weighted by Crippen LogP contribution is -3.10. The summed E-state index contributed by atoms with van der Waals surface area (Å²) in [5.74, 6) is 0.522. The second-order valence-electron chi connectivity index (χ2n) is 6.33. The molecule has 2 N–H and O–H groups in total. The molecule has 0 atom stereocenters. The van der Waals surface area contributed by atoms with Crippen LogP contribution < -0.4 is 10.2 Å². The predicted molar refractivity (Wildman–Crippen MR) is 106 cm³/mol. The van der Waals surface area contributed by atoms with E-state index in [1.807, 2.05) is 0 Å². The summed E-state index contributed by atoms with van der Waals surface area (Å²) in [7, 11) is 0. The summed E-state index contributed by atoms with van der Waals surface area (Å²) >= 11 is 1.57. The lowest BCUT2D eigenvalue weighted by atomic mass is 10.1. The van der Waals surface area contributed by atoms with Gasteiger partial charge in [0.15, 0.2) is 0 Å². The van der Waals surface area contributed by atoms with Gasteiger partial charge in [-0.2, -0.15) is 0 Å². The molecule has 0 aromatic heterocycles. The third-order valence-corrected chi connectivity index (χ3v) is 5.37. The molecule has 3 nitrogen and oxygen atoms in total. The number of quaternary nitrogens is 1. The number of amides is 1. The molecule has 0 aliphatic heterocycles. The average molecular weight is 358 g/mol. The molecule has 0 spiro atoms. The van der Waals surface area contributed by atoms with Crippen LogP contribution in [-0.4, -0.2) is 24.7 Å². The number of benzene rings is 2. The van der Waals surface area contributed by atoms with Gasteiger partial charge in [0.1, 0.15) is 6.54 Å². The standard InChI is InChI=1S/C21H28N2OS/c1-4-23(5-2)15-19-10-8-18(9-11-19)14-22-21(24)16-25-20-12-6-17(3)7-13-20/h6-13H,4-5,14-16H2,1-3H3,(H,22,24)/p+1. The predicted octanol–water partition coefficient (Wildman–Crippen LogP) is 2.83. The minimum atomic E-state index is 0.0715. The molecular weight excluding hydrogens is 328 g/mol. The van der Waals surface area contributed by atoms with Crippen LogP contribution in [0.15, 0.2) is 53.4 Å². The maximum Gasteiger partial charge on any atom is 0.230 e. The summed E-state index contributed by atoms with van der Waals surface area (Å²) in [4.78, 5) is 14.7. The van der Waals surface area contributed by atoms with Crippen molar-refractivity contribution in [2.45, 2.75) is 38.8 Å². The second-order valence-corrected chi connectivity index (χ2v) is 7.38. The maximum atomic E-state index is 12.0. The van der Waals surface area contributed by atoms with Crippen LogP contribution in [0.1, 0.15) is 30.5 Å². The van der Waals surface area contributed by atoms with E-state index < -0.39 is 0 Å². The smallest absolute Gasteiger partial charge is 0.230 e. The lowest BCUT2D eigenvalue weighted by Gasteiger charge is -2.15. The number of hydrogen-bond donors (Lipinski definition) is 2. The van der Waals surface area contributed by atoms with Crippen LogP contribution in [0.5, 0.6) is 0 Å². The highest BCUT2D eigenvalue weighted by Gasteiger charge is 2.06. The largest absolute Gasteiger partial charge is 0.351 e. The summed E-state index contributed by atoms with van der Waals surface area (Å²) in [6, 6.07) is 16.8. The van der Waals surface area contributed by atoms with Gasteiger partial charge in [-0.1, -0.05) is 42.0 Å². The van der Waals surface area contributed by atoms with E-state index in [4.69, 9.17) is 0 Å². The first kappa shape index (κ1) is 19.5. The maximum absolute atomic E-state index is 12.0. The van der Waals surface area contributed by atoms with Gasteiger partial charge in [-0.3, -0.25) is 4.79 Å². The van der Waals surface area contributed by atoms with Crippen molar-refractivity contribution in [1.82, 2.24) is 5.32 Å². The van der Waals surface area contributed by atoms with E-state index >= 15 is 0 Å². The Labute approximate surface area is 155 Å². The zero-order valence-electron chi connectivity index (χ0n) is 15.5. The normalized spacial score (nSPS) is 10.9. The van der Waals surface area contributed by atoms with Gasteiger partial charge in [0.25, 0.3) is 0 Å². The SMILES string of the molecule is CC[NH+](CC)Cc1ccc(CNC(=O)CSc2ccc(C)cc2)cc1. The Morgan fingerprint density at radius 3 is 2.16 bits per heavy atom.